The summed E-state index contributed by atoms with van der Waals surface area (Å²) in [6.45, 7) is 12.5. The fourth-order valence-corrected chi connectivity index (χ4v) is 1.53. The van der Waals surface area contributed by atoms with E-state index in [1.165, 1.54) is 12.8 Å². The summed E-state index contributed by atoms with van der Waals surface area (Å²) in [6, 6.07) is 3.52. The molecule has 0 aliphatic carbocycles. The van der Waals surface area contributed by atoms with E-state index in [0.29, 0.717) is 11.5 Å². The van der Waals surface area contributed by atoms with E-state index in [9.17, 15) is 0 Å². The van der Waals surface area contributed by atoms with Crippen molar-refractivity contribution in [2.45, 2.75) is 59.9 Å². The molecule has 88 valence electrons. The Balaban J connectivity index is 4.42. The fourth-order valence-electron chi connectivity index (χ4n) is 1.53. The summed E-state index contributed by atoms with van der Waals surface area (Å²) in [6.07, 6.45) is 9.25. The molecule has 0 aliphatic rings. The van der Waals surface area contributed by atoms with Crippen molar-refractivity contribution < 1.29 is 4.48 Å². The Morgan fingerprint density at radius 3 is 2.20 bits per heavy atom. The molecule has 0 N–H and O–H groups in total. The van der Waals surface area contributed by atoms with E-state index in [-0.39, 0.29) is 0 Å². The molecule has 2 atom stereocenters. The van der Waals surface area contributed by atoms with Gasteiger partial charge in [-0.05, 0) is 18.8 Å². The highest BCUT2D eigenvalue weighted by atomic mass is 15.3. The van der Waals surface area contributed by atoms with Gasteiger partial charge < -0.3 is 0 Å². The zero-order valence-electron chi connectivity index (χ0n) is 11.4. The second kappa shape index (κ2) is 5.56. The van der Waals surface area contributed by atoms with Crippen LogP contribution in [-0.2, 0) is 0 Å². The van der Waals surface area contributed by atoms with Crippen LogP contribution in [0, 0.1) is 17.9 Å². The molecule has 0 heterocycles. The first kappa shape index (κ1) is 14.5. The molecule has 0 saturated heterocycles. The van der Waals surface area contributed by atoms with E-state index in [0.717, 1.165) is 17.4 Å². The molecule has 15 heavy (non-hydrogen) atoms. The molecular formula is C14H28N+. The van der Waals surface area contributed by atoms with Crippen molar-refractivity contribution in [2.75, 3.05) is 13.6 Å². The van der Waals surface area contributed by atoms with Crippen LogP contribution in [0.25, 0.3) is 0 Å². The lowest BCUT2D eigenvalue weighted by Crippen LogP contribution is -2.48. The van der Waals surface area contributed by atoms with E-state index in [1.807, 2.05) is 0 Å². The molecule has 0 rings (SSSR count). The normalized spacial score (nSPS) is 17.9. The largest absolute Gasteiger partial charge is 0.247 e. The van der Waals surface area contributed by atoms with E-state index < -0.39 is 0 Å². The molecule has 0 bridgehead atoms. The highest BCUT2D eigenvalue weighted by Gasteiger charge is 2.29. The maximum atomic E-state index is 5.68. The zero-order chi connectivity index (χ0) is 12.1. The quantitative estimate of drug-likeness (QED) is 0.464. The van der Waals surface area contributed by atoms with Crippen molar-refractivity contribution in [1.82, 2.24) is 0 Å². The van der Waals surface area contributed by atoms with Crippen LogP contribution in [0.2, 0.25) is 0 Å². The van der Waals surface area contributed by atoms with Crippen LogP contribution in [-0.4, -0.2) is 24.1 Å². The average Bonchev–Trinajstić information content (AvgIpc) is 2.24. The lowest BCUT2D eigenvalue weighted by atomic mass is 9.86. The molecule has 2 unspecified atom stereocenters. The van der Waals surface area contributed by atoms with Crippen molar-refractivity contribution in [3.8, 4) is 12.5 Å². The van der Waals surface area contributed by atoms with Crippen LogP contribution < -0.4 is 0 Å². The van der Waals surface area contributed by atoms with E-state index in [4.69, 9.17) is 6.42 Å². The van der Waals surface area contributed by atoms with Gasteiger partial charge in [0.15, 0.2) is 0 Å². The molecule has 0 aromatic carbocycles. The van der Waals surface area contributed by atoms with Gasteiger partial charge in [0.05, 0.1) is 19.6 Å². The molecular weight excluding hydrogens is 182 g/mol. The van der Waals surface area contributed by atoms with E-state index in [2.05, 4.69) is 47.7 Å². The number of rotatable bonds is 6. The van der Waals surface area contributed by atoms with Gasteiger partial charge in [-0.2, -0.15) is 0 Å². The van der Waals surface area contributed by atoms with Gasteiger partial charge in [-0.1, -0.05) is 40.5 Å². The highest BCUT2D eigenvalue weighted by Crippen LogP contribution is 2.27. The summed E-state index contributed by atoms with van der Waals surface area (Å²) >= 11 is 0. The Morgan fingerprint density at radius 1 is 1.33 bits per heavy atom. The standard InChI is InChI=1S/C14H28N/c1-8-13(4)15(7,10-3)12-11-14(5,6)9-2/h3,13H,8-9,11-12H2,1-2,4-7H3/q+1. The van der Waals surface area contributed by atoms with Gasteiger partial charge >= 0.3 is 0 Å². The monoisotopic (exact) mass is 210 g/mol. The minimum absolute atomic E-state index is 0.420. The Morgan fingerprint density at radius 2 is 1.87 bits per heavy atom. The molecule has 0 radical (unpaired) electrons. The van der Waals surface area contributed by atoms with Gasteiger partial charge in [-0.15, -0.1) is 0 Å². The maximum Gasteiger partial charge on any atom is 0.133 e. The van der Waals surface area contributed by atoms with Gasteiger partial charge in [0.1, 0.15) is 6.04 Å². The summed E-state index contributed by atoms with van der Waals surface area (Å²) in [7, 11) is 2.18. The minimum Gasteiger partial charge on any atom is -0.247 e. The molecule has 0 aromatic rings. The number of quaternary nitrogens is 1. The molecule has 0 fully saturated rings. The van der Waals surface area contributed by atoms with Crippen molar-refractivity contribution in [2.24, 2.45) is 5.41 Å². The number of hydrogen-bond donors (Lipinski definition) is 0. The molecule has 1 heteroatoms. The minimum atomic E-state index is 0.420. The number of nitrogens with zero attached hydrogens (tertiary/aromatic N) is 1. The summed E-state index contributed by atoms with van der Waals surface area (Å²) in [5.41, 5.74) is 0.420. The average molecular weight is 210 g/mol. The van der Waals surface area contributed by atoms with Crippen molar-refractivity contribution in [1.29, 1.82) is 0 Å². The number of terminal acetylenes is 1. The summed E-state index contributed by atoms with van der Waals surface area (Å²) in [4.78, 5) is 0. The molecule has 0 saturated carbocycles. The molecule has 1 nitrogen and oxygen atoms in total. The van der Waals surface area contributed by atoms with Gasteiger partial charge in [0.2, 0.25) is 0 Å². The number of hydrogen-bond acceptors (Lipinski definition) is 0. The first-order chi connectivity index (χ1) is 6.81. The highest BCUT2D eigenvalue weighted by molar-refractivity contribution is 4.76. The Kier molecular flexibility index (Phi) is 5.38. The molecule has 0 spiro atoms. The van der Waals surface area contributed by atoms with Gasteiger partial charge in [-0.25, -0.2) is 4.48 Å². The van der Waals surface area contributed by atoms with Crippen LogP contribution in [0.1, 0.15) is 53.9 Å². The van der Waals surface area contributed by atoms with Gasteiger partial charge in [-0.3, -0.25) is 0 Å². The zero-order valence-corrected chi connectivity index (χ0v) is 11.4. The maximum absolute atomic E-state index is 5.68. The smallest absolute Gasteiger partial charge is 0.133 e. The Labute approximate surface area is 96.5 Å². The fraction of sp³-hybridized carbons (Fsp3) is 0.857. The van der Waals surface area contributed by atoms with Crippen LogP contribution in [0.15, 0.2) is 0 Å². The van der Waals surface area contributed by atoms with Crippen LogP contribution in [0.5, 0.6) is 0 Å². The first-order valence-corrected chi connectivity index (χ1v) is 6.14. The SMILES string of the molecule is C#C[N+](C)(CCC(C)(C)CC)C(C)CC. The summed E-state index contributed by atoms with van der Waals surface area (Å²) in [5, 5.41) is 0. The second-order valence-corrected chi connectivity index (χ2v) is 5.65. The second-order valence-electron chi connectivity index (χ2n) is 5.65. The summed E-state index contributed by atoms with van der Waals surface area (Å²) < 4.78 is 0.764. The van der Waals surface area contributed by atoms with Crippen LogP contribution in [0.4, 0.5) is 0 Å². The summed E-state index contributed by atoms with van der Waals surface area (Å²) in [5.74, 6) is 0. The molecule has 0 amide bonds. The van der Waals surface area contributed by atoms with Crippen molar-refractivity contribution in [3.63, 3.8) is 0 Å². The molecule has 0 aromatic heterocycles. The predicted molar refractivity (Wildman–Crippen MR) is 68.3 cm³/mol. The molecule has 0 aliphatic heterocycles. The van der Waals surface area contributed by atoms with E-state index in [1.54, 1.807) is 0 Å². The third-order valence-electron chi connectivity index (χ3n) is 4.07. The van der Waals surface area contributed by atoms with Crippen LogP contribution >= 0.6 is 0 Å². The lowest BCUT2D eigenvalue weighted by molar-refractivity contribution is -0.868. The lowest BCUT2D eigenvalue weighted by Gasteiger charge is -2.35. The Hall–Kier alpha value is -0.480. The van der Waals surface area contributed by atoms with Crippen molar-refractivity contribution >= 4 is 0 Å². The van der Waals surface area contributed by atoms with E-state index >= 15 is 0 Å². The topological polar surface area (TPSA) is 0 Å². The predicted octanol–water partition coefficient (Wildman–Crippen LogP) is 3.65. The van der Waals surface area contributed by atoms with Gasteiger partial charge in [0, 0.05) is 6.42 Å². The first-order valence-electron chi connectivity index (χ1n) is 6.14. The third-order valence-corrected chi connectivity index (χ3v) is 4.07. The van der Waals surface area contributed by atoms with Gasteiger partial charge in [0.25, 0.3) is 0 Å². The third kappa shape index (κ3) is 4.26. The Bertz CT molecular complexity index is 224. The van der Waals surface area contributed by atoms with Crippen molar-refractivity contribution in [3.05, 3.63) is 0 Å². The van der Waals surface area contributed by atoms with Crippen LogP contribution in [0.3, 0.4) is 0 Å².